The molecule has 0 bridgehead atoms. The average molecular weight is 400 g/mol. The monoisotopic (exact) mass is 400 g/mol. The minimum Gasteiger partial charge on any atom is -0.497 e. The molecular formula is C22H28N2O5. The molecule has 0 atom stereocenters. The van der Waals surface area contributed by atoms with E-state index in [1.54, 1.807) is 46.6 Å². The Kier molecular flexibility index (Phi) is 6.69. The normalized spacial score (nSPS) is 14.3. The molecule has 156 valence electrons. The molecule has 0 radical (unpaired) electrons. The first-order valence-corrected chi connectivity index (χ1v) is 9.60. The highest BCUT2D eigenvalue weighted by Gasteiger charge is 2.27. The Labute approximate surface area is 171 Å². The number of likely N-dealkylation sites (tertiary alicyclic amines) is 1. The Bertz CT molecular complexity index is 847. The minimum atomic E-state index is -0.0405. The van der Waals surface area contributed by atoms with E-state index in [1.807, 2.05) is 23.1 Å². The summed E-state index contributed by atoms with van der Waals surface area (Å²) < 4.78 is 21.4. The van der Waals surface area contributed by atoms with Crippen LogP contribution >= 0.6 is 0 Å². The fourth-order valence-electron chi connectivity index (χ4n) is 3.59. The van der Waals surface area contributed by atoms with Gasteiger partial charge in [-0.25, -0.2) is 0 Å². The highest BCUT2D eigenvalue weighted by Crippen LogP contribution is 2.33. The SMILES string of the molecule is COc1ccc(NC2CCN(C(=O)c3cccc(OC)c3OC)CC2)c(OC)c1. The minimum absolute atomic E-state index is 0.0405. The molecule has 1 amide bonds. The number of anilines is 1. The first-order valence-electron chi connectivity index (χ1n) is 9.60. The van der Waals surface area contributed by atoms with E-state index in [9.17, 15) is 4.79 Å². The highest BCUT2D eigenvalue weighted by atomic mass is 16.5. The first kappa shape index (κ1) is 20.6. The number of methoxy groups -OCH3 is 4. The van der Waals surface area contributed by atoms with Crippen LogP contribution in [0.4, 0.5) is 5.69 Å². The molecule has 1 saturated heterocycles. The number of carbonyl (C=O) groups is 1. The molecule has 1 N–H and O–H groups in total. The third-order valence-electron chi connectivity index (χ3n) is 5.18. The molecule has 2 aromatic carbocycles. The number of carbonyl (C=O) groups excluding carboxylic acids is 1. The Morgan fingerprint density at radius 1 is 0.931 bits per heavy atom. The van der Waals surface area contributed by atoms with E-state index in [-0.39, 0.29) is 11.9 Å². The van der Waals surface area contributed by atoms with Crippen LogP contribution in [0.1, 0.15) is 23.2 Å². The molecule has 2 aromatic rings. The summed E-state index contributed by atoms with van der Waals surface area (Å²) in [7, 11) is 6.39. The molecule has 0 aliphatic carbocycles. The van der Waals surface area contributed by atoms with Gasteiger partial charge in [-0.1, -0.05) is 6.07 Å². The van der Waals surface area contributed by atoms with Crippen LogP contribution in [-0.2, 0) is 0 Å². The van der Waals surface area contributed by atoms with Gasteiger partial charge in [-0.2, -0.15) is 0 Å². The zero-order valence-electron chi connectivity index (χ0n) is 17.4. The standard InChI is InChI=1S/C22H28N2O5/c1-26-16-8-9-18(20(14-16)28-3)23-15-10-12-24(13-11-15)22(25)17-6-5-7-19(27-2)21(17)29-4/h5-9,14-15,23H,10-13H2,1-4H3. The molecule has 7 heteroatoms. The van der Waals surface area contributed by atoms with Crippen molar-refractivity contribution in [1.82, 2.24) is 4.90 Å². The van der Waals surface area contributed by atoms with E-state index in [0.717, 1.165) is 30.0 Å². The van der Waals surface area contributed by atoms with E-state index < -0.39 is 0 Å². The molecule has 3 rings (SSSR count). The van der Waals surface area contributed by atoms with E-state index in [0.29, 0.717) is 30.2 Å². The maximum absolute atomic E-state index is 13.0. The van der Waals surface area contributed by atoms with Crippen molar-refractivity contribution in [3.05, 3.63) is 42.0 Å². The number of amides is 1. The van der Waals surface area contributed by atoms with E-state index >= 15 is 0 Å². The fourth-order valence-corrected chi connectivity index (χ4v) is 3.59. The van der Waals surface area contributed by atoms with Gasteiger partial charge in [0.25, 0.3) is 5.91 Å². The fraction of sp³-hybridized carbons (Fsp3) is 0.409. The number of benzene rings is 2. The van der Waals surface area contributed by atoms with Gasteiger partial charge in [0.1, 0.15) is 11.5 Å². The van der Waals surface area contributed by atoms with Crippen LogP contribution in [0, 0.1) is 0 Å². The summed E-state index contributed by atoms with van der Waals surface area (Å²) in [6, 6.07) is 11.3. The Hall–Kier alpha value is -3.09. The third-order valence-corrected chi connectivity index (χ3v) is 5.18. The van der Waals surface area contributed by atoms with Gasteiger partial charge in [-0.3, -0.25) is 4.79 Å². The van der Waals surface area contributed by atoms with Crippen molar-refractivity contribution in [3.63, 3.8) is 0 Å². The van der Waals surface area contributed by atoms with Gasteiger partial charge in [0, 0.05) is 25.2 Å². The molecule has 1 aliphatic heterocycles. The van der Waals surface area contributed by atoms with Gasteiger partial charge in [0.05, 0.1) is 39.7 Å². The zero-order valence-corrected chi connectivity index (χ0v) is 17.4. The van der Waals surface area contributed by atoms with Crippen molar-refractivity contribution in [2.24, 2.45) is 0 Å². The predicted molar refractivity (Wildman–Crippen MR) is 112 cm³/mol. The topological polar surface area (TPSA) is 69.3 Å². The Morgan fingerprint density at radius 2 is 1.66 bits per heavy atom. The van der Waals surface area contributed by atoms with Crippen molar-refractivity contribution in [2.45, 2.75) is 18.9 Å². The number of hydrogen-bond donors (Lipinski definition) is 1. The molecule has 0 aromatic heterocycles. The van der Waals surface area contributed by atoms with E-state index in [2.05, 4.69) is 5.32 Å². The van der Waals surface area contributed by atoms with Crippen molar-refractivity contribution >= 4 is 11.6 Å². The summed E-state index contributed by atoms with van der Waals surface area (Å²) in [5.41, 5.74) is 1.45. The number of nitrogens with zero attached hydrogens (tertiary/aromatic N) is 1. The highest BCUT2D eigenvalue weighted by molar-refractivity contribution is 5.98. The molecule has 0 unspecified atom stereocenters. The summed E-state index contributed by atoms with van der Waals surface area (Å²) in [5, 5.41) is 3.53. The number of hydrogen-bond acceptors (Lipinski definition) is 6. The smallest absolute Gasteiger partial charge is 0.257 e. The van der Waals surface area contributed by atoms with Crippen LogP contribution in [0.5, 0.6) is 23.0 Å². The van der Waals surface area contributed by atoms with E-state index in [4.69, 9.17) is 18.9 Å². The summed E-state index contributed by atoms with van der Waals surface area (Å²) in [5.74, 6) is 2.48. The Balaban J connectivity index is 1.65. The molecule has 7 nitrogen and oxygen atoms in total. The second kappa shape index (κ2) is 9.41. The van der Waals surface area contributed by atoms with Gasteiger partial charge in [-0.15, -0.1) is 0 Å². The summed E-state index contributed by atoms with van der Waals surface area (Å²) in [6.45, 7) is 1.32. The third kappa shape index (κ3) is 4.50. The van der Waals surface area contributed by atoms with Gasteiger partial charge in [-0.05, 0) is 37.1 Å². The number of piperidine rings is 1. The van der Waals surface area contributed by atoms with Gasteiger partial charge in [0.15, 0.2) is 11.5 Å². The first-order chi connectivity index (χ1) is 14.1. The molecule has 0 spiro atoms. The largest absolute Gasteiger partial charge is 0.497 e. The van der Waals surface area contributed by atoms with Gasteiger partial charge in [0.2, 0.25) is 0 Å². The maximum Gasteiger partial charge on any atom is 0.257 e. The second-order valence-electron chi connectivity index (χ2n) is 6.82. The van der Waals surface area contributed by atoms with Gasteiger partial charge >= 0.3 is 0 Å². The van der Waals surface area contributed by atoms with Crippen molar-refractivity contribution in [3.8, 4) is 23.0 Å². The number of para-hydroxylation sites is 1. The lowest BCUT2D eigenvalue weighted by molar-refractivity contribution is 0.0714. The summed E-state index contributed by atoms with van der Waals surface area (Å²) in [6.07, 6.45) is 1.68. The van der Waals surface area contributed by atoms with Crippen molar-refractivity contribution < 1.29 is 23.7 Å². The lowest BCUT2D eigenvalue weighted by Crippen LogP contribution is -2.42. The number of nitrogens with one attached hydrogen (secondary N) is 1. The second-order valence-corrected chi connectivity index (χ2v) is 6.82. The average Bonchev–Trinajstić information content (AvgIpc) is 2.78. The summed E-state index contributed by atoms with van der Waals surface area (Å²) >= 11 is 0. The van der Waals surface area contributed by atoms with E-state index in [1.165, 1.54) is 0 Å². The van der Waals surface area contributed by atoms with Crippen LogP contribution in [-0.4, -0.2) is 58.4 Å². The molecular weight excluding hydrogens is 372 g/mol. The molecule has 1 fully saturated rings. The van der Waals surface area contributed by atoms with Crippen LogP contribution in [0.25, 0.3) is 0 Å². The zero-order chi connectivity index (χ0) is 20.8. The lowest BCUT2D eigenvalue weighted by Gasteiger charge is -2.33. The summed E-state index contributed by atoms with van der Waals surface area (Å²) in [4.78, 5) is 14.9. The van der Waals surface area contributed by atoms with Gasteiger partial charge < -0.3 is 29.2 Å². The van der Waals surface area contributed by atoms with Crippen molar-refractivity contribution in [1.29, 1.82) is 0 Å². The molecule has 0 saturated carbocycles. The van der Waals surface area contributed by atoms with Crippen LogP contribution in [0.3, 0.4) is 0 Å². The maximum atomic E-state index is 13.0. The van der Waals surface area contributed by atoms with Crippen LogP contribution < -0.4 is 24.3 Å². The quantitative estimate of drug-likeness (QED) is 0.768. The lowest BCUT2D eigenvalue weighted by atomic mass is 10.0. The van der Waals surface area contributed by atoms with Crippen LogP contribution in [0.2, 0.25) is 0 Å². The van der Waals surface area contributed by atoms with Crippen LogP contribution in [0.15, 0.2) is 36.4 Å². The molecule has 1 aliphatic rings. The predicted octanol–water partition coefficient (Wildman–Crippen LogP) is 3.44. The Morgan fingerprint density at radius 3 is 2.28 bits per heavy atom. The molecule has 1 heterocycles. The number of rotatable bonds is 7. The molecule has 29 heavy (non-hydrogen) atoms. The van der Waals surface area contributed by atoms with Crippen molar-refractivity contribution in [2.75, 3.05) is 46.8 Å². The number of ether oxygens (including phenoxy) is 4.